The summed E-state index contributed by atoms with van der Waals surface area (Å²) >= 11 is 5.80. The number of benzene rings is 2. The van der Waals surface area contributed by atoms with Gasteiger partial charge in [-0.25, -0.2) is 5.01 Å². The van der Waals surface area contributed by atoms with Gasteiger partial charge in [0.25, 0.3) is 17.5 Å². The number of hydrogen-bond donors (Lipinski definition) is 1. The molecule has 2 aromatic carbocycles. The molecule has 7 nitrogen and oxygen atoms in total. The number of carbonyl (C=O) groups is 2. The van der Waals surface area contributed by atoms with E-state index >= 15 is 0 Å². The number of carbonyl (C=O) groups excluding carboxylic acids is 2. The molecule has 0 spiro atoms. The Morgan fingerprint density at radius 1 is 1.12 bits per heavy atom. The number of halogens is 1. The normalized spacial score (nSPS) is 15.7. The Bertz CT molecular complexity index is 877. The molecule has 3 rings (SSSR count). The fraction of sp³-hybridized carbons (Fsp3) is 0. The third-order valence-electron chi connectivity index (χ3n) is 3.37. The molecule has 0 aromatic heterocycles. The van der Waals surface area contributed by atoms with E-state index < -0.39 is 16.7 Å². The van der Waals surface area contributed by atoms with Crippen LogP contribution in [0.15, 0.2) is 54.1 Å². The molecule has 0 unspecified atom stereocenters. The SMILES string of the molecule is O=C1NN(c2ccc(Cl)cc2)C(=O)/C1=C\c1cccc([N+](=O)[O-])c1. The van der Waals surface area contributed by atoms with Gasteiger partial charge in [0, 0.05) is 17.2 Å². The molecule has 0 radical (unpaired) electrons. The first kappa shape index (κ1) is 15.7. The molecule has 0 atom stereocenters. The zero-order valence-electron chi connectivity index (χ0n) is 12.1. The van der Waals surface area contributed by atoms with Gasteiger partial charge in [-0.2, -0.15) is 0 Å². The van der Waals surface area contributed by atoms with Crippen molar-refractivity contribution in [2.45, 2.75) is 0 Å². The van der Waals surface area contributed by atoms with Crippen molar-refractivity contribution in [2.24, 2.45) is 0 Å². The van der Waals surface area contributed by atoms with Crippen molar-refractivity contribution in [3.63, 3.8) is 0 Å². The van der Waals surface area contributed by atoms with Crippen LogP contribution in [0.5, 0.6) is 0 Å². The number of nitro benzene ring substituents is 1. The van der Waals surface area contributed by atoms with Gasteiger partial charge in [-0.1, -0.05) is 23.7 Å². The second-order valence-corrected chi connectivity index (χ2v) is 5.40. The molecule has 0 aliphatic carbocycles. The number of non-ortho nitro benzene ring substituents is 1. The molecule has 1 saturated heterocycles. The second kappa shape index (κ2) is 6.13. The number of hydrogen-bond acceptors (Lipinski definition) is 4. The van der Waals surface area contributed by atoms with Gasteiger partial charge in [0.05, 0.1) is 10.6 Å². The molecule has 1 heterocycles. The van der Waals surface area contributed by atoms with Crippen molar-refractivity contribution in [2.75, 3.05) is 5.01 Å². The smallest absolute Gasteiger partial charge is 0.267 e. The monoisotopic (exact) mass is 343 g/mol. The van der Waals surface area contributed by atoms with Crippen molar-refractivity contribution in [3.8, 4) is 0 Å². The van der Waals surface area contributed by atoms with Crippen molar-refractivity contribution in [1.29, 1.82) is 0 Å². The first-order chi connectivity index (χ1) is 11.5. The summed E-state index contributed by atoms with van der Waals surface area (Å²) in [5, 5.41) is 12.4. The van der Waals surface area contributed by atoms with Gasteiger partial charge in [-0.05, 0) is 35.9 Å². The number of nitrogens with zero attached hydrogens (tertiary/aromatic N) is 2. The quantitative estimate of drug-likeness (QED) is 0.401. The largest absolute Gasteiger partial charge is 0.282 e. The Hall–Kier alpha value is -3.19. The highest BCUT2D eigenvalue weighted by Crippen LogP contribution is 2.24. The standard InChI is InChI=1S/C16H10ClN3O4/c17-11-4-6-12(7-5-11)19-16(22)14(15(21)18-19)9-10-2-1-3-13(8-10)20(23)24/h1-9H,(H,18,21)/b14-9-. The Kier molecular flexibility index (Phi) is 4.01. The Labute approximate surface area is 141 Å². The van der Waals surface area contributed by atoms with E-state index in [0.717, 1.165) is 5.01 Å². The van der Waals surface area contributed by atoms with Crippen LogP contribution in [0.3, 0.4) is 0 Å². The molecule has 1 aliphatic heterocycles. The maximum absolute atomic E-state index is 12.4. The first-order valence-electron chi connectivity index (χ1n) is 6.83. The molecule has 8 heteroatoms. The molecule has 0 saturated carbocycles. The summed E-state index contributed by atoms with van der Waals surface area (Å²) in [4.78, 5) is 34.7. The van der Waals surface area contributed by atoms with E-state index in [-0.39, 0.29) is 11.3 Å². The lowest BCUT2D eigenvalue weighted by molar-refractivity contribution is -0.384. The van der Waals surface area contributed by atoms with Crippen molar-refractivity contribution >= 4 is 40.9 Å². The topological polar surface area (TPSA) is 92.6 Å². The number of amides is 2. The van der Waals surface area contributed by atoms with Gasteiger partial charge in [-0.15, -0.1) is 0 Å². The van der Waals surface area contributed by atoms with Crippen molar-refractivity contribution < 1.29 is 14.5 Å². The molecule has 2 amide bonds. The van der Waals surface area contributed by atoms with Crippen LogP contribution in [-0.2, 0) is 9.59 Å². The number of nitrogens with one attached hydrogen (secondary N) is 1. The number of hydrazine groups is 1. The lowest BCUT2D eigenvalue weighted by Gasteiger charge is -2.14. The maximum atomic E-state index is 12.4. The highest BCUT2D eigenvalue weighted by molar-refractivity contribution is 6.32. The highest BCUT2D eigenvalue weighted by atomic mass is 35.5. The molecule has 1 aliphatic rings. The van der Waals surface area contributed by atoms with Crippen molar-refractivity contribution in [1.82, 2.24) is 5.43 Å². The van der Waals surface area contributed by atoms with Crippen LogP contribution in [0.4, 0.5) is 11.4 Å². The Balaban J connectivity index is 1.93. The van der Waals surface area contributed by atoms with Crippen LogP contribution < -0.4 is 10.4 Å². The number of nitro groups is 1. The zero-order chi connectivity index (χ0) is 17.3. The minimum absolute atomic E-state index is 0.106. The third kappa shape index (κ3) is 2.97. The maximum Gasteiger partial charge on any atom is 0.282 e. The van der Waals surface area contributed by atoms with E-state index in [1.54, 1.807) is 30.3 Å². The number of rotatable bonds is 3. The molecule has 2 aromatic rings. The summed E-state index contributed by atoms with van der Waals surface area (Å²) in [5.74, 6) is -1.13. The van der Waals surface area contributed by atoms with Gasteiger partial charge >= 0.3 is 0 Å². The van der Waals surface area contributed by atoms with Gasteiger partial charge in [0.1, 0.15) is 5.57 Å². The lowest BCUT2D eigenvalue weighted by Crippen LogP contribution is -2.35. The molecular weight excluding hydrogens is 334 g/mol. The molecule has 1 N–H and O–H groups in total. The average molecular weight is 344 g/mol. The summed E-state index contributed by atoms with van der Waals surface area (Å²) < 4.78 is 0. The molecule has 1 fully saturated rings. The summed E-state index contributed by atoms with van der Waals surface area (Å²) in [6.07, 6.45) is 1.32. The van der Waals surface area contributed by atoms with Gasteiger partial charge in [-0.3, -0.25) is 25.1 Å². The Morgan fingerprint density at radius 3 is 2.50 bits per heavy atom. The van der Waals surface area contributed by atoms with E-state index in [9.17, 15) is 19.7 Å². The van der Waals surface area contributed by atoms with Crippen LogP contribution in [0.1, 0.15) is 5.56 Å². The fourth-order valence-electron chi connectivity index (χ4n) is 2.22. The second-order valence-electron chi connectivity index (χ2n) is 4.97. The van der Waals surface area contributed by atoms with Gasteiger partial charge in [0.2, 0.25) is 0 Å². The van der Waals surface area contributed by atoms with E-state index in [2.05, 4.69) is 5.43 Å². The minimum atomic E-state index is -0.582. The van der Waals surface area contributed by atoms with E-state index in [1.807, 2.05) is 0 Å². The molecule has 24 heavy (non-hydrogen) atoms. The fourth-order valence-corrected chi connectivity index (χ4v) is 2.35. The number of anilines is 1. The van der Waals surface area contributed by atoms with E-state index in [0.29, 0.717) is 16.3 Å². The predicted octanol–water partition coefficient (Wildman–Crippen LogP) is 2.71. The highest BCUT2D eigenvalue weighted by Gasteiger charge is 2.34. The Morgan fingerprint density at radius 2 is 1.83 bits per heavy atom. The molecular formula is C16H10ClN3O4. The van der Waals surface area contributed by atoms with Crippen LogP contribution in [0, 0.1) is 10.1 Å². The van der Waals surface area contributed by atoms with Gasteiger partial charge < -0.3 is 0 Å². The predicted molar refractivity (Wildman–Crippen MR) is 88.2 cm³/mol. The lowest BCUT2D eigenvalue weighted by atomic mass is 10.1. The first-order valence-corrected chi connectivity index (χ1v) is 7.20. The van der Waals surface area contributed by atoms with Crippen molar-refractivity contribution in [3.05, 3.63) is 74.8 Å². The van der Waals surface area contributed by atoms with E-state index in [1.165, 1.54) is 24.3 Å². The third-order valence-corrected chi connectivity index (χ3v) is 3.62. The summed E-state index contributed by atoms with van der Waals surface area (Å²) in [6.45, 7) is 0. The van der Waals surface area contributed by atoms with Gasteiger partial charge in [0.15, 0.2) is 0 Å². The summed E-state index contributed by atoms with van der Waals surface area (Å²) in [7, 11) is 0. The summed E-state index contributed by atoms with van der Waals surface area (Å²) in [5.41, 5.74) is 3.07. The molecule has 0 bridgehead atoms. The van der Waals surface area contributed by atoms with Crippen LogP contribution in [-0.4, -0.2) is 16.7 Å². The average Bonchev–Trinajstić information content (AvgIpc) is 2.84. The van der Waals surface area contributed by atoms with Crippen LogP contribution in [0.25, 0.3) is 6.08 Å². The van der Waals surface area contributed by atoms with Crippen LogP contribution >= 0.6 is 11.6 Å². The summed E-state index contributed by atoms with van der Waals surface area (Å²) in [6, 6.07) is 12.1. The van der Waals surface area contributed by atoms with Crippen LogP contribution in [0.2, 0.25) is 5.02 Å². The zero-order valence-corrected chi connectivity index (χ0v) is 12.9. The minimum Gasteiger partial charge on any atom is -0.267 e. The van der Waals surface area contributed by atoms with E-state index in [4.69, 9.17) is 11.6 Å². The molecule has 120 valence electrons.